The van der Waals surface area contributed by atoms with E-state index in [0.29, 0.717) is 11.4 Å². The van der Waals surface area contributed by atoms with Gasteiger partial charge in [-0.05, 0) is 41.7 Å². The summed E-state index contributed by atoms with van der Waals surface area (Å²) in [6.45, 7) is 6.58. The van der Waals surface area contributed by atoms with Crippen molar-refractivity contribution in [3.63, 3.8) is 0 Å². The lowest BCUT2D eigenvalue weighted by atomic mass is 9.82. The molecule has 0 amide bonds. The fourth-order valence-corrected chi connectivity index (χ4v) is 3.87. The Hall–Kier alpha value is -3.07. The molecule has 8 nitrogen and oxygen atoms in total. The van der Waals surface area contributed by atoms with Crippen LogP contribution in [0.5, 0.6) is 0 Å². The average Bonchev–Trinajstić information content (AvgIpc) is 3.37. The number of nitrogens with one attached hydrogen (secondary N) is 1. The van der Waals surface area contributed by atoms with Gasteiger partial charge in [-0.25, -0.2) is 13.2 Å². The second-order valence-corrected chi connectivity index (χ2v) is 9.23. The molecule has 0 aliphatic carbocycles. The van der Waals surface area contributed by atoms with Gasteiger partial charge in [0.05, 0.1) is 30.4 Å². The fourth-order valence-electron chi connectivity index (χ4n) is 2.84. The molecule has 0 unspecified atom stereocenters. The third-order valence-corrected chi connectivity index (χ3v) is 6.48. The van der Waals surface area contributed by atoms with Crippen molar-refractivity contribution >= 4 is 21.7 Å². The highest BCUT2D eigenvalue weighted by molar-refractivity contribution is 7.92. The maximum atomic E-state index is 12.7. The highest BCUT2D eigenvalue weighted by Gasteiger charge is 2.20. The van der Waals surface area contributed by atoms with Gasteiger partial charge in [-0.2, -0.15) is 5.10 Å². The molecule has 2 heterocycles. The Morgan fingerprint density at radius 3 is 2.53 bits per heavy atom. The molecule has 0 atom stereocenters. The summed E-state index contributed by atoms with van der Waals surface area (Å²) in [5, 5.41) is 4.13. The van der Waals surface area contributed by atoms with Crippen LogP contribution in [0, 0.1) is 0 Å². The fraction of sp³-hybridized carbons (Fsp3) is 0.333. The maximum Gasteiger partial charge on any atom is 0.373 e. The minimum absolute atomic E-state index is 0.0174. The predicted molar refractivity (Wildman–Crippen MR) is 112 cm³/mol. The van der Waals surface area contributed by atoms with Crippen LogP contribution in [0.1, 0.15) is 49.1 Å². The first-order chi connectivity index (χ1) is 14.1. The topological polar surface area (TPSA) is 103 Å². The van der Waals surface area contributed by atoms with Crippen molar-refractivity contribution in [2.24, 2.45) is 0 Å². The zero-order chi connectivity index (χ0) is 21.9. The molecule has 0 aliphatic heterocycles. The molecule has 3 aromatic rings. The van der Waals surface area contributed by atoms with E-state index in [-0.39, 0.29) is 22.6 Å². The van der Waals surface area contributed by atoms with E-state index in [0.717, 1.165) is 12.0 Å². The number of furan rings is 1. The molecule has 30 heavy (non-hydrogen) atoms. The number of sulfonamides is 1. The zero-order valence-electron chi connectivity index (χ0n) is 17.4. The van der Waals surface area contributed by atoms with Gasteiger partial charge < -0.3 is 9.15 Å². The number of esters is 1. The molecule has 160 valence electrons. The quantitative estimate of drug-likeness (QED) is 0.544. The molecule has 3 rings (SSSR count). The highest BCUT2D eigenvalue weighted by atomic mass is 32.2. The van der Waals surface area contributed by atoms with Gasteiger partial charge in [0.1, 0.15) is 5.76 Å². The van der Waals surface area contributed by atoms with Gasteiger partial charge >= 0.3 is 5.97 Å². The van der Waals surface area contributed by atoms with E-state index in [1.54, 1.807) is 24.4 Å². The molecule has 9 heteroatoms. The molecule has 1 N–H and O–H groups in total. The summed E-state index contributed by atoms with van der Waals surface area (Å²) in [7, 11) is -2.47. The van der Waals surface area contributed by atoms with E-state index in [2.05, 4.69) is 35.3 Å². The molecule has 0 aliphatic rings. The molecule has 1 aromatic carbocycles. The maximum absolute atomic E-state index is 12.7. The number of carbonyl (C=O) groups is 1. The summed E-state index contributed by atoms with van der Waals surface area (Å²) < 4.78 is 39.4. The molecule has 0 saturated carbocycles. The minimum atomic E-state index is -3.74. The van der Waals surface area contributed by atoms with Crippen LogP contribution in [0.15, 0.2) is 58.1 Å². The molecular weight excluding hydrogens is 406 g/mol. The second-order valence-electron chi connectivity index (χ2n) is 7.55. The van der Waals surface area contributed by atoms with E-state index in [4.69, 9.17) is 4.42 Å². The Kier molecular flexibility index (Phi) is 6.02. The van der Waals surface area contributed by atoms with Crippen LogP contribution in [-0.4, -0.2) is 31.3 Å². The monoisotopic (exact) mass is 431 g/mol. The number of aromatic nitrogens is 2. The molecule has 0 fully saturated rings. The smallest absolute Gasteiger partial charge is 0.373 e. The zero-order valence-corrected chi connectivity index (χ0v) is 18.2. The third-order valence-electron chi connectivity index (χ3n) is 5.08. The standard InChI is InChI=1S/C21H25N3O5S/c1-5-21(2,3)15-6-9-18(10-7-15)30(26,27)23-16-12-22-24(13-16)14-17-8-11-19(29-17)20(25)28-4/h6-13,23H,5,14H2,1-4H3. The van der Waals surface area contributed by atoms with Crippen molar-refractivity contribution in [2.45, 2.75) is 44.0 Å². The second kappa shape index (κ2) is 8.35. The lowest BCUT2D eigenvalue weighted by molar-refractivity contribution is 0.0562. The molecule has 0 radical (unpaired) electrons. The number of anilines is 1. The summed E-state index contributed by atoms with van der Waals surface area (Å²) in [5.74, 6) is 0.0146. The van der Waals surface area contributed by atoms with Crippen molar-refractivity contribution < 1.29 is 22.4 Å². The van der Waals surface area contributed by atoms with E-state index in [1.807, 2.05) is 12.1 Å². The van der Waals surface area contributed by atoms with Crippen LogP contribution < -0.4 is 4.72 Å². The van der Waals surface area contributed by atoms with E-state index in [9.17, 15) is 13.2 Å². The SMILES string of the molecule is CCC(C)(C)c1ccc(S(=O)(=O)Nc2cnn(Cc3ccc(C(=O)OC)o3)c2)cc1. The first-order valence-electron chi connectivity index (χ1n) is 9.47. The van der Waals surface area contributed by atoms with Gasteiger partial charge in [0.25, 0.3) is 10.0 Å². The average molecular weight is 432 g/mol. The Bertz CT molecular complexity index is 1130. The van der Waals surface area contributed by atoms with Crippen LogP contribution in [0.3, 0.4) is 0 Å². The van der Waals surface area contributed by atoms with E-state index >= 15 is 0 Å². The Labute approximate surface area is 175 Å². The van der Waals surface area contributed by atoms with Crippen LogP contribution in [0.4, 0.5) is 5.69 Å². The van der Waals surface area contributed by atoms with Gasteiger partial charge in [0, 0.05) is 6.20 Å². The normalized spacial score (nSPS) is 12.0. The number of methoxy groups -OCH3 is 1. The number of ether oxygens (including phenoxy) is 1. The predicted octanol–water partition coefficient (Wildman–Crippen LogP) is 3.80. The van der Waals surface area contributed by atoms with Gasteiger partial charge in [-0.3, -0.25) is 9.40 Å². The molecule has 0 saturated heterocycles. The van der Waals surface area contributed by atoms with Gasteiger partial charge in [0.2, 0.25) is 5.76 Å². The molecular formula is C21H25N3O5S. The summed E-state index contributed by atoms with van der Waals surface area (Å²) in [5.41, 5.74) is 1.39. The lowest BCUT2D eigenvalue weighted by Crippen LogP contribution is -2.16. The Balaban J connectivity index is 1.70. The van der Waals surface area contributed by atoms with Gasteiger partial charge in [0.15, 0.2) is 0 Å². The number of rotatable bonds is 8. The van der Waals surface area contributed by atoms with Crippen LogP contribution in [-0.2, 0) is 26.7 Å². The van der Waals surface area contributed by atoms with Crippen LogP contribution >= 0.6 is 0 Å². The number of hydrogen-bond donors (Lipinski definition) is 1. The van der Waals surface area contributed by atoms with Gasteiger partial charge in [-0.15, -0.1) is 0 Å². The van der Waals surface area contributed by atoms with Crippen molar-refractivity contribution in [1.29, 1.82) is 0 Å². The molecule has 0 bridgehead atoms. The largest absolute Gasteiger partial charge is 0.463 e. The van der Waals surface area contributed by atoms with Crippen molar-refractivity contribution in [1.82, 2.24) is 9.78 Å². The number of hydrogen-bond acceptors (Lipinski definition) is 6. The number of nitrogens with zero attached hydrogens (tertiary/aromatic N) is 2. The van der Waals surface area contributed by atoms with Gasteiger partial charge in [-0.1, -0.05) is 32.9 Å². The highest BCUT2D eigenvalue weighted by Crippen LogP contribution is 2.27. The summed E-state index contributed by atoms with van der Waals surface area (Å²) >= 11 is 0. The minimum Gasteiger partial charge on any atom is -0.463 e. The third kappa shape index (κ3) is 4.73. The lowest BCUT2D eigenvalue weighted by Gasteiger charge is -2.23. The van der Waals surface area contributed by atoms with Crippen molar-refractivity contribution in [3.05, 3.63) is 65.9 Å². The molecule has 0 spiro atoms. The first kappa shape index (κ1) is 21.6. The van der Waals surface area contributed by atoms with Crippen LogP contribution in [0.2, 0.25) is 0 Å². The Morgan fingerprint density at radius 2 is 1.90 bits per heavy atom. The van der Waals surface area contributed by atoms with Crippen LogP contribution in [0.25, 0.3) is 0 Å². The van der Waals surface area contributed by atoms with Crippen molar-refractivity contribution in [3.8, 4) is 0 Å². The van der Waals surface area contributed by atoms with Crippen molar-refractivity contribution in [2.75, 3.05) is 11.8 Å². The Morgan fingerprint density at radius 1 is 1.20 bits per heavy atom. The first-order valence-corrected chi connectivity index (χ1v) is 11.0. The number of carbonyl (C=O) groups excluding carboxylic acids is 1. The van der Waals surface area contributed by atoms with E-state index in [1.165, 1.54) is 24.1 Å². The summed E-state index contributed by atoms with van der Waals surface area (Å²) in [4.78, 5) is 11.6. The number of benzene rings is 1. The van der Waals surface area contributed by atoms with E-state index < -0.39 is 16.0 Å². The molecule has 2 aromatic heterocycles. The summed E-state index contributed by atoms with van der Waals surface area (Å²) in [6, 6.07) is 10.1. The summed E-state index contributed by atoms with van der Waals surface area (Å²) in [6.07, 6.45) is 3.91.